The largest absolute Gasteiger partial charge is 0.497 e. The number of carbonyl (C=O) groups is 1. The van der Waals surface area contributed by atoms with Gasteiger partial charge in [0.05, 0.1) is 12.8 Å². The quantitative estimate of drug-likeness (QED) is 0.372. The average molecular weight is 458 g/mol. The summed E-state index contributed by atoms with van der Waals surface area (Å²) >= 11 is 4.46. The number of methoxy groups -OCH3 is 1. The number of carbonyl (C=O) groups excluding carboxylic acids is 1. The summed E-state index contributed by atoms with van der Waals surface area (Å²) in [5, 5.41) is 2.95. The average Bonchev–Trinajstić information content (AvgIpc) is 2.78. The van der Waals surface area contributed by atoms with Gasteiger partial charge in [0.2, 0.25) is 0 Å². The molecule has 2 rings (SSSR count). The second-order valence-electron chi connectivity index (χ2n) is 9.57. The van der Waals surface area contributed by atoms with Crippen molar-refractivity contribution in [3.05, 3.63) is 47.5 Å². The van der Waals surface area contributed by atoms with Gasteiger partial charge in [0.25, 0.3) is 5.91 Å². The number of ether oxygens (including phenoxy) is 2. The maximum absolute atomic E-state index is 13.1. The number of thiol groups is 1. The van der Waals surface area contributed by atoms with Crippen molar-refractivity contribution in [2.24, 2.45) is 0 Å². The zero-order valence-corrected chi connectivity index (χ0v) is 21.7. The molecule has 0 spiro atoms. The first-order chi connectivity index (χ1) is 15.0. The van der Waals surface area contributed by atoms with Gasteiger partial charge in [0.1, 0.15) is 11.5 Å². The Morgan fingerprint density at radius 1 is 1.00 bits per heavy atom. The van der Waals surface area contributed by atoms with E-state index in [4.69, 9.17) is 9.47 Å². The van der Waals surface area contributed by atoms with Crippen LogP contribution in [-0.2, 0) is 15.6 Å². The van der Waals surface area contributed by atoms with Crippen LogP contribution in [0.25, 0.3) is 0 Å². The predicted molar refractivity (Wildman–Crippen MR) is 137 cm³/mol. The molecule has 1 unspecified atom stereocenters. The first kappa shape index (κ1) is 26.1. The van der Waals surface area contributed by atoms with Gasteiger partial charge in [-0.1, -0.05) is 60.6 Å². The highest BCUT2D eigenvalue weighted by atomic mass is 32.1. The molecular weight excluding hydrogens is 418 g/mol. The Hall–Kier alpha value is -2.14. The van der Waals surface area contributed by atoms with Crippen LogP contribution in [0.15, 0.2) is 41.3 Å². The maximum atomic E-state index is 13.1. The molecule has 2 aromatic carbocycles. The van der Waals surface area contributed by atoms with Crippen molar-refractivity contribution < 1.29 is 14.3 Å². The summed E-state index contributed by atoms with van der Waals surface area (Å²) in [5.74, 6) is 1.23. The van der Waals surface area contributed by atoms with Crippen molar-refractivity contribution in [1.82, 2.24) is 0 Å². The summed E-state index contributed by atoms with van der Waals surface area (Å²) in [6.45, 7) is 15.3. The molecule has 176 valence electrons. The molecule has 1 amide bonds. The van der Waals surface area contributed by atoms with E-state index in [2.05, 4.69) is 71.6 Å². The fourth-order valence-electron chi connectivity index (χ4n) is 3.41. The van der Waals surface area contributed by atoms with Crippen molar-refractivity contribution in [3.63, 3.8) is 0 Å². The van der Waals surface area contributed by atoms with Crippen molar-refractivity contribution in [3.8, 4) is 11.5 Å². The van der Waals surface area contributed by atoms with Gasteiger partial charge < -0.3 is 14.8 Å². The van der Waals surface area contributed by atoms with Gasteiger partial charge in [-0.25, -0.2) is 0 Å². The van der Waals surface area contributed by atoms with Crippen LogP contribution in [0.3, 0.4) is 0 Å². The van der Waals surface area contributed by atoms with E-state index in [0.717, 1.165) is 24.2 Å². The summed E-state index contributed by atoms with van der Waals surface area (Å²) in [4.78, 5) is 13.8. The van der Waals surface area contributed by atoms with Crippen molar-refractivity contribution in [2.45, 2.75) is 89.6 Å². The number of nitrogens with one attached hydrogen (secondary N) is 1. The highest BCUT2D eigenvalue weighted by Gasteiger charge is 2.29. The van der Waals surface area contributed by atoms with E-state index >= 15 is 0 Å². The molecule has 32 heavy (non-hydrogen) atoms. The van der Waals surface area contributed by atoms with Crippen LogP contribution in [0.1, 0.15) is 78.9 Å². The number of amides is 1. The molecule has 0 saturated heterocycles. The zero-order valence-electron chi connectivity index (χ0n) is 20.8. The first-order valence-electron chi connectivity index (χ1n) is 11.5. The molecule has 1 N–H and O–H groups in total. The highest BCUT2D eigenvalue weighted by Crippen LogP contribution is 2.39. The Morgan fingerprint density at radius 3 is 2.22 bits per heavy atom. The Bertz CT molecular complexity index is 936. The summed E-state index contributed by atoms with van der Waals surface area (Å²) in [6.07, 6.45) is 1.94. The van der Waals surface area contributed by atoms with Crippen molar-refractivity contribution in [2.75, 3.05) is 12.4 Å². The summed E-state index contributed by atoms with van der Waals surface area (Å²) in [7, 11) is 1.59. The SMILES string of the molecule is CCC(Oc1ccc(C(C)(C)CC)cc1C(C)(C)CC)C(=O)Nc1cc(OC)ccc1S. The molecule has 0 radical (unpaired) electrons. The zero-order chi connectivity index (χ0) is 24.1. The van der Waals surface area contributed by atoms with Crippen LogP contribution in [0.2, 0.25) is 0 Å². The van der Waals surface area contributed by atoms with E-state index in [-0.39, 0.29) is 16.7 Å². The van der Waals surface area contributed by atoms with E-state index in [1.54, 1.807) is 19.2 Å². The van der Waals surface area contributed by atoms with Crippen LogP contribution in [0, 0.1) is 0 Å². The van der Waals surface area contributed by atoms with Gasteiger partial charge >= 0.3 is 0 Å². The molecule has 0 saturated carbocycles. The van der Waals surface area contributed by atoms with Crippen LogP contribution in [-0.4, -0.2) is 19.1 Å². The second kappa shape index (κ2) is 10.7. The fraction of sp³-hybridized carbons (Fsp3) is 0.519. The minimum absolute atomic E-state index is 0.0744. The maximum Gasteiger partial charge on any atom is 0.265 e. The Labute approximate surface area is 199 Å². The van der Waals surface area contributed by atoms with Crippen molar-refractivity contribution in [1.29, 1.82) is 0 Å². The predicted octanol–water partition coefficient (Wildman–Crippen LogP) is 7.16. The summed E-state index contributed by atoms with van der Waals surface area (Å²) in [5.41, 5.74) is 3.04. The monoisotopic (exact) mass is 457 g/mol. The topological polar surface area (TPSA) is 47.6 Å². The molecule has 0 bridgehead atoms. The number of benzene rings is 2. The molecule has 4 nitrogen and oxygen atoms in total. The van der Waals surface area contributed by atoms with E-state index in [1.807, 2.05) is 19.1 Å². The van der Waals surface area contributed by atoms with Crippen LogP contribution < -0.4 is 14.8 Å². The van der Waals surface area contributed by atoms with Gasteiger partial charge in [-0.05, 0) is 53.9 Å². The number of hydrogen-bond acceptors (Lipinski definition) is 4. The molecule has 5 heteroatoms. The lowest BCUT2D eigenvalue weighted by Gasteiger charge is -2.31. The minimum Gasteiger partial charge on any atom is -0.497 e. The third kappa shape index (κ3) is 6.00. The summed E-state index contributed by atoms with van der Waals surface area (Å²) in [6, 6.07) is 11.8. The molecule has 0 aromatic heterocycles. The number of hydrogen-bond donors (Lipinski definition) is 2. The summed E-state index contributed by atoms with van der Waals surface area (Å²) < 4.78 is 11.6. The minimum atomic E-state index is -0.620. The van der Waals surface area contributed by atoms with E-state index in [9.17, 15) is 4.79 Å². The van der Waals surface area contributed by atoms with Gasteiger partial charge in [0, 0.05) is 16.5 Å². The van der Waals surface area contributed by atoms with E-state index in [1.165, 1.54) is 5.56 Å². The van der Waals surface area contributed by atoms with Crippen LogP contribution in [0.5, 0.6) is 11.5 Å². The molecular formula is C27H39NO3S. The lowest BCUT2D eigenvalue weighted by Crippen LogP contribution is -2.33. The first-order valence-corrected chi connectivity index (χ1v) is 11.9. The third-order valence-electron chi connectivity index (χ3n) is 6.65. The Morgan fingerprint density at radius 2 is 1.66 bits per heavy atom. The third-order valence-corrected chi connectivity index (χ3v) is 7.04. The molecule has 0 aliphatic heterocycles. The lowest BCUT2D eigenvalue weighted by atomic mass is 9.76. The molecule has 2 aromatic rings. The second-order valence-corrected chi connectivity index (χ2v) is 10.1. The molecule has 0 heterocycles. The fourth-order valence-corrected chi connectivity index (χ4v) is 3.60. The standard InChI is InChI=1S/C27H39NO3S/c1-9-22(25(29)28-21-17-19(30-8)13-15-24(21)32)31-23-14-12-18(26(4,5)10-2)16-20(23)27(6,7)11-3/h12-17,22,32H,9-11H2,1-8H3,(H,28,29). The molecule has 0 aliphatic rings. The van der Waals surface area contributed by atoms with Gasteiger partial charge in [0.15, 0.2) is 6.10 Å². The lowest BCUT2D eigenvalue weighted by molar-refractivity contribution is -0.122. The Kier molecular flexibility index (Phi) is 8.69. The number of anilines is 1. The Balaban J connectivity index is 2.37. The van der Waals surface area contributed by atoms with Crippen LogP contribution in [0.4, 0.5) is 5.69 Å². The number of rotatable bonds is 10. The highest BCUT2D eigenvalue weighted by molar-refractivity contribution is 7.80. The molecule has 0 fully saturated rings. The van der Waals surface area contributed by atoms with Crippen LogP contribution >= 0.6 is 12.6 Å². The molecule has 1 atom stereocenters. The molecule has 0 aliphatic carbocycles. The van der Waals surface area contributed by atoms with Gasteiger partial charge in [-0.2, -0.15) is 0 Å². The normalized spacial score (nSPS) is 12.9. The van der Waals surface area contributed by atoms with Gasteiger partial charge in [-0.15, -0.1) is 12.6 Å². The van der Waals surface area contributed by atoms with E-state index < -0.39 is 6.10 Å². The smallest absolute Gasteiger partial charge is 0.265 e. The van der Waals surface area contributed by atoms with Gasteiger partial charge in [-0.3, -0.25) is 4.79 Å². The van der Waals surface area contributed by atoms with Crippen molar-refractivity contribution >= 4 is 24.2 Å². The van der Waals surface area contributed by atoms with E-state index in [0.29, 0.717) is 22.8 Å².